The number of anilines is 2. The van der Waals surface area contributed by atoms with Gasteiger partial charge >= 0.3 is 0 Å². The van der Waals surface area contributed by atoms with Crippen molar-refractivity contribution in [2.24, 2.45) is 0 Å². The second-order valence-electron chi connectivity index (χ2n) is 4.52. The zero-order valence-electron chi connectivity index (χ0n) is 10.8. The third kappa shape index (κ3) is 2.49. The van der Waals surface area contributed by atoms with E-state index in [1.807, 2.05) is 22.7 Å². The maximum atomic E-state index is 9.23. The fourth-order valence-electron chi connectivity index (χ4n) is 2.06. The van der Waals surface area contributed by atoms with Crippen LogP contribution in [0.25, 0.3) is 5.65 Å². The molecule has 0 saturated heterocycles. The highest BCUT2D eigenvalue weighted by atomic mass is 16.3. The Morgan fingerprint density at radius 3 is 2.85 bits per heavy atom. The monoisotopic (exact) mass is 269 g/mol. The van der Waals surface area contributed by atoms with Crippen LogP contribution in [0.15, 0.2) is 42.9 Å². The Morgan fingerprint density at radius 1 is 1.25 bits per heavy atom. The van der Waals surface area contributed by atoms with Gasteiger partial charge in [0.1, 0.15) is 11.6 Å². The zero-order valence-corrected chi connectivity index (χ0v) is 10.8. The van der Waals surface area contributed by atoms with Crippen molar-refractivity contribution in [1.82, 2.24) is 14.4 Å². The van der Waals surface area contributed by atoms with Crippen LogP contribution in [0.4, 0.5) is 11.6 Å². The van der Waals surface area contributed by atoms with Crippen molar-refractivity contribution in [3.05, 3.63) is 48.4 Å². The van der Waals surface area contributed by atoms with E-state index >= 15 is 0 Å². The summed E-state index contributed by atoms with van der Waals surface area (Å²) in [6, 6.07) is 7.16. The second kappa shape index (κ2) is 5.08. The lowest BCUT2D eigenvalue weighted by molar-refractivity contribution is 0.475. The van der Waals surface area contributed by atoms with E-state index in [1.54, 1.807) is 24.5 Å². The second-order valence-corrected chi connectivity index (χ2v) is 4.52. The molecule has 0 spiro atoms. The van der Waals surface area contributed by atoms with Crippen LogP contribution in [0.3, 0.4) is 0 Å². The zero-order chi connectivity index (χ0) is 13.9. The topological polar surface area (TPSA) is 88.5 Å². The third-order valence-corrected chi connectivity index (χ3v) is 3.04. The molecule has 0 bridgehead atoms. The highest BCUT2D eigenvalue weighted by molar-refractivity contribution is 5.64. The fourth-order valence-corrected chi connectivity index (χ4v) is 2.06. The Kier molecular flexibility index (Phi) is 3.12. The van der Waals surface area contributed by atoms with E-state index in [2.05, 4.69) is 15.3 Å². The number of nitrogens with one attached hydrogen (secondary N) is 1. The first-order valence-electron chi connectivity index (χ1n) is 6.33. The predicted molar refractivity (Wildman–Crippen MR) is 77.7 cm³/mol. The number of rotatable bonds is 4. The van der Waals surface area contributed by atoms with E-state index in [0.717, 1.165) is 17.6 Å². The molecule has 0 aliphatic rings. The molecule has 3 aromatic rings. The van der Waals surface area contributed by atoms with Crippen LogP contribution in [0.5, 0.6) is 5.75 Å². The molecule has 20 heavy (non-hydrogen) atoms. The van der Waals surface area contributed by atoms with Crippen molar-refractivity contribution in [2.75, 3.05) is 17.6 Å². The van der Waals surface area contributed by atoms with E-state index < -0.39 is 0 Å². The molecule has 0 aliphatic heterocycles. The van der Waals surface area contributed by atoms with Crippen LogP contribution in [0.2, 0.25) is 0 Å². The largest absolute Gasteiger partial charge is 0.508 e. The van der Waals surface area contributed by atoms with Gasteiger partial charge in [-0.05, 0) is 24.1 Å². The number of phenols is 1. The van der Waals surface area contributed by atoms with Gasteiger partial charge in [-0.15, -0.1) is 0 Å². The van der Waals surface area contributed by atoms with E-state index in [4.69, 9.17) is 5.73 Å². The molecule has 6 heteroatoms. The average Bonchev–Trinajstić information content (AvgIpc) is 2.89. The minimum absolute atomic E-state index is 0.276. The molecule has 3 rings (SSSR count). The molecule has 2 heterocycles. The number of fused-ring (bicyclic) bond motifs is 1. The standard InChI is InChI=1S/C14H15N5O/c15-12-9-19-8-7-17-14(19)13(18-12)16-6-5-10-1-3-11(20)4-2-10/h1-4,7-9,20H,5-6,15H2,(H,16,18). The number of hydrogen-bond acceptors (Lipinski definition) is 5. The molecule has 0 saturated carbocycles. The summed E-state index contributed by atoms with van der Waals surface area (Å²) in [5, 5.41) is 12.5. The minimum atomic E-state index is 0.276. The molecular weight excluding hydrogens is 254 g/mol. The lowest BCUT2D eigenvalue weighted by Crippen LogP contribution is -2.09. The Labute approximate surface area is 115 Å². The van der Waals surface area contributed by atoms with E-state index in [-0.39, 0.29) is 5.75 Å². The number of nitrogen functional groups attached to an aromatic ring is 1. The maximum Gasteiger partial charge on any atom is 0.180 e. The molecule has 0 aliphatic carbocycles. The molecule has 6 nitrogen and oxygen atoms in total. The maximum absolute atomic E-state index is 9.23. The number of imidazole rings is 1. The quantitative estimate of drug-likeness (QED) is 0.670. The van der Waals surface area contributed by atoms with Gasteiger partial charge in [0, 0.05) is 18.9 Å². The third-order valence-electron chi connectivity index (χ3n) is 3.04. The fraction of sp³-hybridized carbons (Fsp3) is 0.143. The first-order valence-corrected chi connectivity index (χ1v) is 6.33. The molecule has 0 radical (unpaired) electrons. The first-order chi connectivity index (χ1) is 9.72. The highest BCUT2D eigenvalue weighted by Gasteiger charge is 2.05. The van der Waals surface area contributed by atoms with Crippen molar-refractivity contribution in [3.63, 3.8) is 0 Å². The van der Waals surface area contributed by atoms with Crippen LogP contribution in [0, 0.1) is 0 Å². The summed E-state index contributed by atoms with van der Waals surface area (Å²) in [4.78, 5) is 8.51. The molecule has 0 atom stereocenters. The van der Waals surface area contributed by atoms with Gasteiger partial charge in [0.2, 0.25) is 0 Å². The molecular formula is C14H15N5O. The summed E-state index contributed by atoms with van der Waals surface area (Å²) in [5.74, 6) is 1.40. The van der Waals surface area contributed by atoms with Crippen LogP contribution in [-0.4, -0.2) is 26.0 Å². The molecule has 0 amide bonds. The lowest BCUT2D eigenvalue weighted by Gasteiger charge is -2.08. The van der Waals surface area contributed by atoms with Crippen molar-refractivity contribution in [2.45, 2.75) is 6.42 Å². The van der Waals surface area contributed by atoms with Gasteiger partial charge in [0.15, 0.2) is 11.5 Å². The van der Waals surface area contributed by atoms with Gasteiger partial charge in [-0.1, -0.05) is 12.1 Å². The van der Waals surface area contributed by atoms with Gasteiger partial charge in [-0.25, -0.2) is 9.97 Å². The first kappa shape index (κ1) is 12.3. The van der Waals surface area contributed by atoms with Crippen LogP contribution in [0.1, 0.15) is 5.56 Å². The van der Waals surface area contributed by atoms with Gasteiger partial charge in [0.25, 0.3) is 0 Å². The molecule has 102 valence electrons. The normalized spacial score (nSPS) is 10.8. The number of aromatic nitrogens is 3. The Hall–Kier alpha value is -2.76. The summed E-state index contributed by atoms with van der Waals surface area (Å²) in [6.07, 6.45) is 6.09. The lowest BCUT2D eigenvalue weighted by atomic mass is 10.1. The summed E-state index contributed by atoms with van der Waals surface area (Å²) >= 11 is 0. The summed E-state index contributed by atoms with van der Waals surface area (Å²) in [6.45, 7) is 0.712. The Bertz CT molecular complexity index is 720. The summed E-state index contributed by atoms with van der Waals surface area (Å²) in [7, 11) is 0. The number of aromatic hydroxyl groups is 1. The van der Waals surface area contributed by atoms with Crippen LogP contribution in [-0.2, 0) is 6.42 Å². The number of benzene rings is 1. The molecule has 4 N–H and O–H groups in total. The van der Waals surface area contributed by atoms with Crippen molar-refractivity contribution >= 4 is 17.3 Å². The molecule has 1 aromatic carbocycles. The Morgan fingerprint density at radius 2 is 2.05 bits per heavy atom. The highest BCUT2D eigenvalue weighted by Crippen LogP contribution is 2.15. The Balaban J connectivity index is 1.70. The van der Waals surface area contributed by atoms with E-state index in [0.29, 0.717) is 18.2 Å². The predicted octanol–water partition coefficient (Wildman–Crippen LogP) is 1.67. The van der Waals surface area contributed by atoms with Crippen LogP contribution >= 0.6 is 0 Å². The molecule has 0 unspecified atom stereocenters. The summed E-state index contributed by atoms with van der Waals surface area (Å²) in [5.41, 5.74) is 7.65. The smallest absolute Gasteiger partial charge is 0.180 e. The average molecular weight is 269 g/mol. The summed E-state index contributed by atoms with van der Waals surface area (Å²) < 4.78 is 1.84. The minimum Gasteiger partial charge on any atom is -0.508 e. The van der Waals surface area contributed by atoms with E-state index in [1.165, 1.54) is 0 Å². The van der Waals surface area contributed by atoms with Crippen molar-refractivity contribution in [1.29, 1.82) is 0 Å². The van der Waals surface area contributed by atoms with Crippen molar-refractivity contribution in [3.8, 4) is 5.75 Å². The van der Waals surface area contributed by atoms with Crippen molar-refractivity contribution < 1.29 is 5.11 Å². The van der Waals surface area contributed by atoms with Gasteiger partial charge in [-0.3, -0.25) is 0 Å². The van der Waals surface area contributed by atoms with Crippen LogP contribution < -0.4 is 11.1 Å². The molecule has 0 fully saturated rings. The number of hydrogen-bond donors (Lipinski definition) is 3. The van der Waals surface area contributed by atoms with E-state index in [9.17, 15) is 5.11 Å². The SMILES string of the molecule is Nc1cn2ccnc2c(NCCc2ccc(O)cc2)n1. The van der Waals surface area contributed by atoms with Gasteiger partial charge in [0.05, 0.1) is 6.20 Å². The number of phenolic OH excluding ortho intramolecular Hbond substituents is 1. The number of nitrogens with two attached hydrogens (primary N) is 1. The van der Waals surface area contributed by atoms with Gasteiger partial charge in [-0.2, -0.15) is 0 Å². The van der Waals surface area contributed by atoms with Gasteiger partial charge < -0.3 is 20.6 Å². The molecule has 2 aromatic heterocycles. The number of nitrogens with zero attached hydrogens (tertiary/aromatic N) is 3.